The average Bonchev–Trinajstić information content (AvgIpc) is 3.27. The molecule has 12 heteroatoms. The Labute approximate surface area is 207 Å². The number of aromatic amines is 1. The Morgan fingerprint density at radius 2 is 1.76 bits per heavy atom. The number of anilines is 1. The molecule has 0 saturated heterocycles. The van der Waals surface area contributed by atoms with Crippen LogP contribution in [0.15, 0.2) is 58.1 Å². The maximum atomic E-state index is 14.2. The predicted molar refractivity (Wildman–Crippen MR) is 129 cm³/mol. The fourth-order valence-corrected chi connectivity index (χ4v) is 3.85. The van der Waals surface area contributed by atoms with Crippen molar-refractivity contribution in [2.45, 2.75) is 45.5 Å². The predicted octanol–water partition coefficient (Wildman–Crippen LogP) is 3.97. The van der Waals surface area contributed by atoms with Crippen LogP contribution < -0.4 is 16.6 Å². The van der Waals surface area contributed by atoms with Crippen molar-refractivity contribution < 1.29 is 22.4 Å². The van der Waals surface area contributed by atoms with E-state index >= 15 is 0 Å². The van der Waals surface area contributed by atoms with E-state index in [-0.39, 0.29) is 35.4 Å². The van der Waals surface area contributed by atoms with Crippen LogP contribution in [0.2, 0.25) is 0 Å². The minimum absolute atomic E-state index is 0.0277. The number of halogens is 4. The molecule has 0 saturated carbocycles. The molecule has 0 fully saturated rings. The lowest BCUT2D eigenvalue weighted by molar-refractivity contribution is -0.167. The Hall–Kier alpha value is -4.22. The van der Waals surface area contributed by atoms with Crippen LogP contribution >= 0.6 is 0 Å². The van der Waals surface area contributed by atoms with E-state index in [9.17, 15) is 31.9 Å². The molecule has 4 rings (SSSR count). The summed E-state index contributed by atoms with van der Waals surface area (Å²) in [7, 11) is 0. The van der Waals surface area contributed by atoms with Crippen molar-refractivity contribution >= 4 is 22.8 Å². The Morgan fingerprint density at radius 3 is 2.41 bits per heavy atom. The van der Waals surface area contributed by atoms with E-state index in [1.165, 1.54) is 47.0 Å². The standard InChI is InChI=1S/C25H23F4N5O3/c1-2-3-12-33-21-20(22(35)34(24(33)37)14-16-6-4-5-7-18(16)26)31-19(32-21)13-15-8-10-17(11-9-15)30-23(36)25(27,28)29/h4-11H,2-3,12-14H2,1H3,(H,30,36)(H,31,32). The second kappa shape index (κ2) is 10.4. The molecule has 0 radical (unpaired) electrons. The third-order valence-electron chi connectivity index (χ3n) is 5.77. The third kappa shape index (κ3) is 5.63. The number of aromatic nitrogens is 4. The number of nitrogens with zero attached hydrogens (tertiary/aromatic N) is 3. The lowest BCUT2D eigenvalue weighted by Crippen LogP contribution is -2.40. The lowest BCUT2D eigenvalue weighted by atomic mass is 10.1. The number of carbonyl (C=O) groups excluding carboxylic acids is 1. The molecule has 4 aromatic rings. The van der Waals surface area contributed by atoms with E-state index < -0.39 is 29.1 Å². The second-order valence-corrected chi connectivity index (χ2v) is 8.48. The summed E-state index contributed by atoms with van der Waals surface area (Å²) in [6, 6.07) is 11.6. The van der Waals surface area contributed by atoms with E-state index in [1.54, 1.807) is 11.4 Å². The van der Waals surface area contributed by atoms with Crippen molar-refractivity contribution in [2.75, 3.05) is 5.32 Å². The molecule has 0 bridgehead atoms. The molecular weight excluding hydrogens is 494 g/mol. The monoisotopic (exact) mass is 517 g/mol. The fourth-order valence-electron chi connectivity index (χ4n) is 3.85. The third-order valence-corrected chi connectivity index (χ3v) is 5.77. The zero-order chi connectivity index (χ0) is 26.7. The van der Waals surface area contributed by atoms with Crippen molar-refractivity contribution in [1.29, 1.82) is 0 Å². The summed E-state index contributed by atoms with van der Waals surface area (Å²) in [4.78, 5) is 44.9. The summed E-state index contributed by atoms with van der Waals surface area (Å²) < 4.78 is 53.9. The van der Waals surface area contributed by atoms with E-state index in [0.717, 1.165) is 11.0 Å². The van der Waals surface area contributed by atoms with Crippen LogP contribution in [0.3, 0.4) is 0 Å². The van der Waals surface area contributed by atoms with Crippen LogP contribution in [0.5, 0.6) is 0 Å². The molecule has 1 amide bonds. The molecule has 2 aromatic heterocycles. The molecule has 194 valence electrons. The van der Waals surface area contributed by atoms with Gasteiger partial charge in [-0.1, -0.05) is 43.7 Å². The van der Waals surface area contributed by atoms with Gasteiger partial charge in [-0.3, -0.25) is 18.7 Å². The number of alkyl halides is 3. The van der Waals surface area contributed by atoms with Crippen molar-refractivity contribution in [1.82, 2.24) is 19.1 Å². The number of unbranched alkanes of at least 4 members (excludes halogenated alkanes) is 1. The van der Waals surface area contributed by atoms with Gasteiger partial charge in [-0.15, -0.1) is 0 Å². The van der Waals surface area contributed by atoms with Gasteiger partial charge in [-0.2, -0.15) is 13.2 Å². The van der Waals surface area contributed by atoms with Gasteiger partial charge in [0, 0.05) is 24.2 Å². The van der Waals surface area contributed by atoms with Crippen molar-refractivity contribution in [2.24, 2.45) is 0 Å². The van der Waals surface area contributed by atoms with Gasteiger partial charge in [0.2, 0.25) is 0 Å². The first-order chi connectivity index (χ1) is 17.6. The minimum Gasteiger partial charge on any atom is -0.336 e. The molecule has 0 aliphatic rings. The number of H-pyrrole nitrogens is 1. The first-order valence-corrected chi connectivity index (χ1v) is 11.5. The number of hydrogen-bond donors (Lipinski definition) is 2. The molecule has 2 aromatic carbocycles. The van der Waals surface area contributed by atoms with Crippen LogP contribution in [0.1, 0.15) is 36.7 Å². The molecule has 0 unspecified atom stereocenters. The van der Waals surface area contributed by atoms with Crippen LogP contribution in [-0.4, -0.2) is 31.2 Å². The molecule has 8 nitrogen and oxygen atoms in total. The number of fused-ring (bicyclic) bond motifs is 1. The Kier molecular flexibility index (Phi) is 7.28. The average molecular weight is 517 g/mol. The molecule has 2 heterocycles. The molecule has 2 N–H and O–H groups in total. The zero-order valence-electron chi connectivity index (χ0n) is 19.7. The normalized spacial score (nSPS) is 11.7. The molecule has 0 aliphatic carbocycles. The van der Waals surface area contributed by atoms with Gasteiger partial charge in [0.1, 0.15) is 17.2 Å². The van der Waals surface area contributed by atoms with Gasteiger partial charge < -0.3 is 10.3 Å². The van der Waals surface area contributed by atoms with Crippen molar-refractivity contribution in [3.63, 3.8) is 0 Å². The molecular formula is C25H23F4N5O3. The summed E-state index contributed by atoms with van der Waals surface area (Å²) in [5.41, 5.74) is -0.163. The first-order valence-electron chi connectivity index (χ1n) is 11.5. The number of aryl methyl sites for hydroxylation is 1. The SMILES string of the molecule is CCCCn1c(=O)n(Cc2ccccc2F)c(=O)c2[nH]c(Cc3ccc(NC(=O)C(F)(F)F)cc3)nc21. The number of amides is 1. The van der Waals surface area contributed by atoms with E-state index in [0.29, 0.717) is 24.4 Å². The quantitative estimate of drug-likeness (QED) is 0.346. The van der Waals surface area contributed by atoms with Crippen LogP contribution in [0.4, 0.5) is 23.2 Å². The number of imidazole rings is 1. The largest absolute Gasteiger partial charge is 0.471 e. The van der Waals surface area contributed by atoms with Crippen LogP contribution in [0, 0.1) is 5.82 Å². The number of hydrogen-bond acceptors (Lipinski definition) is 4. The minimum atomic E-state index is -5.00. The highest BCUT2D eigenvalue weighted by Crippen LogP contribution is 2.19. The molecule has 37 heavy (non-hydrogen) atoms. The molecule has 0 aliphatic heterocycles. The Balaban J connectivity index is 1.68. The van der Waals surface area contributed by atoms with E-state index in [2.05, 4.69) is 9.97 Å². The van der Waals surface area contributed by atoms with Gasteiger partial charge in [0.15, 0.2) is 5.65 Å². The van der Waals surface area contributed by atoms with Crippen molar-refractivity contribution in [3.05, 3.63) is 92.1 Å². The smallest absolute Gasteiger partial charge is 0.336 e. The zero-order valence-corrected chi connectivity index (χ0v) is 19.7. The summed E-state index contributed by atoms with van der Waals surface area (Å²) in [5, 5.41) is 1.77. The van der Waals surface area contributed by atoms with Gasteiger partial charge >= 0.3 is 17.8 Å². The molecule has 0 atom stereocenters. The van der Waals surface area contributed by atoms with E-state index in [4.69, 9.17) is 0 Å². The highest BCUT2D eigenvalue weighted by atomic mass is 19.4. The number of carbonyl (C=O) groups is 1. The highest BCUT2D eigenvalue weighted by molar-refractivity contribution is 5.94. The number of benzene rings is 2. The van der Waals surface area contributed by atoms with Crippen molar-refractivity contribution in [3.8, 4) is 0 Å². The summed E-state index contributed by atoms with van der Waals surface area (Å²) in [5.74, 6) is -2.25. The van der Waals surface area contributed by atoms with Gasteiger partial charge in [-0.25, -0.2) is 14.2 Å². The van der Waals surface area contributed by atoms with Gasteiger partial charge in [0.05, 0.1) is 6.54 Å². The first kappa shape index (κ1) is 25.9. The maximum absolute atomic E-state index is 14.2. The highest BCUT2D eigenvalue weighted by Gasteiger charge is 2.38. The lowest BCUT2D eigenvalue weighted by Gasteiger charge is -2.11. The topological polar surface area (TPSA) is 102 Å². The Morgan fingerprint density at radius 1 is 1.05 bits per heavy atom. The maximum Gasteiger partial charge on any atom is 0.471 e. The number of rotatable bonds is 8. The summed E-state index contributed by atoms with van der Waals surface area (Å²) >= 11 is 0. The van der Waals surface area contributed by atoms with Gasteiger partial charge in [0.25, 0.3) is 5.56 Å². The van der Waals surface area contributed by atoms with Crippen LogP contribution in [-0.2, 0) is 24.3 Å². The van der Waals surface area contributed by atoms with Gasteiger partial charge in [-0.05, 0) is 30.2 Å². The summed E-state index contributed by atoms with van der Waals surface area (Å²) in [6.07, 6.45) is -3.38. The Bertz CT molecular complexity index is 1550. The van der Waals surface area contributed by atoms with Crippen LogP contribution in [0.25, 0.3) is 11.2 Å². The summed E-state index contributed by atoms with van der Waals surface area (Å²) in [6.45, 7) is 2.02. The van der Waals surface area contributed by atoms with E-state index in [1.807, 2.05) is 6.92 Å². The fraction of sp³-hybridized carbons (Fsp3) is 0.280. The number of nitrogens with one attached hydrogen (secondary N) is 2. The molecule has 0 spiro atoms. The second-order valence-electron chi connectivity index (χ2n) is 8.48.